The van der Waals surface area contributed by atoms with Gasteiger partial charge in [-0.3, -0.25) is 4.79 Å². The Morgan fingerprint density at radius 3 is 2.57 bits per heavy atom. The summed E-state index contributed by atoms with van der Waals surface area (Å²) in [6, 6.07) is 11.9. The van der Waals surface area contributed by atoms with E-state index in [0.29, 0.717) is 17.9 Å². The largest absolute Gasteiger partial charge is 0.462 e. The van der Waals surface area contributed by atoms with Crippen molar-refractivity contribution in [2.75, 3.05) is 11.9 Å². The van der Waals surface area contributed by atoms with Crippen molar-refractivity contribution in [3.8, 4) is 0 Å². The molecule has 23 heavy (non-hydrogen) atoms. The summed E-state index contributed by atoms with van der Waals surface area (Å²) in [4.78, 5) is 24.0. The number of hydrogen-bond acceptors (Lipinski definition) is 3. The quantitative estimate of drug-likeness (QED) is 0.646. The maximum Gasteiger partial charge on any atom is 0.338 e. The molecule has 0 aromatic heterocycles. The molecular weight excluding hydrogens is 297 g/mol. The number of carbonyl (C=O) groups excluding carboxylic acids is 2. The van der Waals surface area contributed by atoms with Crippen LogP contribution in [0.2, 0.25) is 0 Å². The van der Waals surface area contributed by atoms with Gasteiger partial charge in [0, 0.05) is 11.3 Å². The first-order valence-corrected chi connectivity index (χ1v) is 7.44. The minimum Gasteiger partial charge on any atom is -0.462 e. The van der Waals surface area contributed by atoms with Gasteiger partial charge in [0.2, 0.25) is 0 Å². The van der Waals surface area contributed by atoms with Crippen LogP contribution in [0.15, 0.2) is 48.5 Å². The third kappa shape index (κ3) is 4.92. The second-order valence-electron chi connectivity index (χ2n) is 5.03. The molecular formula is C18H18FNO3. The molecule has 4 nitrogen and oxygen atoms in total. The van der Waals surface area contributed by atoms with Gasteiger partial charge in [0.05, 0.1) is 12.2 Å². The molecule has 0 bridgehead atoms. The van der Waals surface area contributed by atoms with Crippen molar-refractivity contribution >= 4 is 17.6 Å². The summed E-state index contributed by atoms with van der Waals surface area (Å²) in [6.45, 7) is 2.38. The SMILES string of the molecule is CCCCOC(=O)c1cccc(NC(=O)c2cccc(F)c2)c1. The molecule has 0 fully saturated rings. The number of unbranched alkanes of at least 4 members (excludes halogenated alkanes) is 1. The average molecular weight is 315 g/mol. The fraction of sp³-hybridized carbons (Fsp3) is 0.222. The number of halogens is 1. The Bertz CT molecular complexity index is 700. The van der Waals surface area contributed by atoms with E-state index in [9.17, 15) is 14.0 Å². The molecule has 0 saturated heterocycles. The van der Waals surface area contributed by atoms with Gasteiger partial charge in [0.15, 0.2) is 0 Å². The van der Waals surface area contributed by atoms with Crippen LogP contribution in [-0.2, 0) is 4.74 Å². The Kier molecular flexibility index (Phi) is 5.86. The lowest BCUT2D eigenvalue weighted by Crippen LogP contribution is -2.13. The lowest BCUT2D eigenvalue weighted by atomic mass is 10.1. The van der Waals surface area contributed by atoms with Crippen LogP contribution in [-0.4, -0.2) is 18.5 Å². The van der Waals surface area contributed by atoms with Crippen LogP contribution in [0, 0.1) is 5.82 Å². The first kappa shape index (κ1) is 16.7. The summed E-state index contributed by atoms with van der Waals surface area (Å²) in [5.74, 6) is -1.35. The fourth-order valence-electron chi connectivity index (χ4n) is 1.95. The monoisotopic (exact) mass is 315 g/mol. The highest BCUT2D eigenvalue weighted by Gasteiger charge is 2.10. The Morgan fingerprint density at radius 2 is 1.83 bits per heavy atom. The molecule has 2 aromatic carbocycles. The number of ether oxygens (including phenoxy) is 1. The molecule has 2 rings (SSSR count). The van der Waals surface area contributed by atoms with Gasteiger partial charge in [-0.1, -0.05) is 25.5 Å². The fourth-order valence-corrected chi connectivity index (χ4v) is 1.95. The molecule has 0 saturated carbocycles. The number of benzene rings is 2. The van der Waals surface area contributed by atoms with Crippen LogP contribution in [0.25, 0.3) is 0 Å². The van der Waals surface area contributed by atoms with Crippen LogP contribution in [0.3, 0.4) is 0 Å². The number of esters is 1. The summed E-state index contributed by atoms with van der Waals surface area (Å²) >= 11 is 0. The molecule has 0 atom stereocenters. The Morgan fingerprint density at radius 1 is 1.09 bits per heavy atom. The summed E-state index contributed by atoms with van der Waals surface area (Å²) in [5, 5.41) is 2.63. The summed E-state index contributed by atoms with van der Waals surface area (Å²) in [6.07, 6.45) is 1.75. The van der Waals surface area contributed by atoms with Crippen molar-refractivity contribution in [3.05, 3.63) is 65.5 Å². The van der Waals surface area contributed by atoms with Gasteiger partial charge in [0.25, 0.3) is 5.91 Å². The third-order valence-electron chi connectivity index (χ3n) is 3.17. The average Bonchev–Trinajstić information content (AvgIpc) is 2.55. The van der Waals surface area contributed by atoms with Crippen molar-refractivity contribution in [1.29, 1.82) is 0 Å². The van der Waals surface area contributed by atoms with Crippen LogP contribution in [0.5, 0.6) is 0 Å². The van der Waals surface area contributed by atoms with E-state index >= 15 is 0 Å². The molecule has 2 aromatic rings. The minimum absolute atomic E-state index is 0.209. The van der Waals surface area contributed by atoms with Crippen LogP contribution in [0.1, 0.15) is 40.5 Å². The Balaban J connectivity index is 2.05. The van der Waals surface area contributed by atoms with E-state index in [1.165, 1.54) is 24.3 Å². The molecule has 0 aliphatic rings. The molecule has 0 aliphatic heterocycles. The predicted octanol–water partition coefficient (Wildman–Crippen LogP) is 4.03. The lowest BCUT2D eigenvalue weighted by Gasteiger charge is -2.08. The number of carbonyl (C=O) groups is 2. The second kappa shape index (κ2) is 8.08. The van der Waals surface area contributed by atoms with Gasteiger partial charge in [0.1, 0.15) is 5.82 Å². The Labute approximate surface area is 134 Å². The van der Waals surface area contributed by atoms with Crippen molar-refractivity contribution < 1.29 is 18.7 Å². The molecule has 1 N–H and O–H groups in total. The van der Waals surface area contributed by atoms with Gasteiger partial charge >= 0.3 is 5.97 Å². The molecule has 0 aliphatic carbocycles. The van der Waals surface area contributed by atoms with Crippen LogP contribution >= 0.6 is 0 Å². The van der Waals surface area contributed by atoms with E-state index in [1.54, 1.807) is 18.2 Å². The second-order valence-corrected chi connectivity index (χ2v) is 5.03. The molecule has 0 heterocycles. The highest BCUT2D eigenvalue weighted by molar-refractivity contribution is 6.04. The number of nitrogens with one attached hydrogen (secondary N) is 1. The zero-order chi connectivity index (χ0) is 16.7. The van der Waals surface area contributed by atoms with E-state index < -0.39 is 17.7 Å². The number of amides is 1. The Hall–Kier alpha value is -2.69. The van der Waals surface area contributed by atoms with Crippen molar-refractivity contribution in [2.45, 2.75) is 19.8 Å². The van der Waals surface area contributed by atoms with Crippen LogP contribution in [0.4, 0.5) is 10.1 Å². The van der Waals surface area contributed by atoms with Crippen molar-refractivity contribution in [2.24, 2.45) is 0 Å². The smallest absolute Gasteiger partial charge is 0.338 e. The highest BCUT2D eigenvalue weighted by atomic mass is 19.1. The van der Waals surface area contributed by atoms with E-state index in [-0.39, 0.29) is 5.56 Å². The molecule has 5 heteroatoms. The summed E-state index contributed by atoms with van der Waals surface area (Å²) < 4.78 is 18.3. The predicted molar refractivity (Wildman–Crippen MR) is 86.0 cm³/mol. The molecule has 1 amide bonds. The van der Waals surface area contributed by atoms with E-state index in [4.69, 9.17) is 4.74 Å². The number of hydrogen-bond donors (Lipinski definition) is 1. The van der Waals surface area contributed by atoms with Gasteiger partial charge < -0.3 is 10.1 Å². The van der Waals surface area contributed by atoms with Gasteiger partial charge in [-0.15, -0.1) is 0 Å². The van der Waals surface area contributed by atoms with Gasteiger partial charge in [-0.25, -0.2) is 9.18 Å². The molecule has 0 unspecified atom stereocenters. The molecule has 0 radical (unpaired) electrons. The number of anilines is 1. The molecule has 120 valence electrons. The van der Waals surface area contributed by atoms with Crippen LogP contribution < -0.4 is 5.32 Å². The van der Waals surface area contributed by atoms with E-state index in [0.717, 1.165) is 18.9 Å². The first-order chi connectivity index (χ1) is 11.1. The van der Waals surface area contributed by atoms with E-state index in [1.807, 2.05) is 6.92 Å². The summed E-state index contributed by atoms with van der Waals surface area (Å²) in [5.41, 5.74) is 1.02. The standard InChI is InChI=1S/C18H18FNO3/c1-2-3-10-23-18(22)14-7-5-9-16(12-14)20-17(21)13-6-4-8-15(19)11-13/h4-9,11-12H,2-3,10H2,1H3,(H,20,21). The zero-order valence-corrected chi connectivity index (χ0v) is 12.8. The highest BCUT2D eigenvalue weighted by Crippen LogP contribution is 2.14. The van der Waals surface area contributed by atoms with Crippen molar-refractivity contribution in [3.63, 3.8) is 0 Å². The summed E-state index contributed by atoms with van der Waals surface area (Å²) in [7, 11) is 0. The van der Waals surface area contributed by atoms with E-state index in [2.05, 4.69) is 5.32 Å². The lowest BCUT2D eigenvalue weighted by molar-refractivity contribution is 0.0499. The van der Waals surface area contributed by atoms with Gasteiger partial charge in [-0.2, -0.15) is 0 Å². The minimum atomic E-state index is -0.481. The first-order valence-electron chi connectivity index (χ1n) is 7.44. The van der Waals surface area contributed by atoms with Crippen molar-refractivity contribution in [1.82, 2.24) is 0 Å². The molecule has 0 spiro atoms. The topological polar surface area (TPSA) is 55.4 Å². The third-order valence-corrected chi connectivity index (χ3v) is 3.17. The normalized spacial score (nSPS) is 10.2. The van der Waals surface area contributed by atoms with Gasteiger partial charge in [-0.05, 0) is 42.8 Å². The maximum absolute atomic E-state index is 13.1. The zero-order valence-electron chi connectivity index (χ0n) is 12.8. The number of rotatable bonds is 6. The maximum atomic E-state index is 13.1.